The van der Waals surface area contributed by atoms with Crippen LogP contribution in [0, 0.1) is 5.82 Å². The number of rotatable bonds is 3. The van der Waals surface area contributed by atoms with Crippen molar-refractivity contribution in [3.05, 3.63) is 56.2 Å². The summed E-state index contributed by atoms with van der Waals surface area (Å²) in [6.07, 6.45) is 0. The Labute approximate surface area is 137 Å². The number of anilines is 1. The lowest BCUT2D eigenvalue weighted by Gasteiger charge is -2.10. The summed E-state index contributed by atoms with van der Waals surface area (Å²) in [4.78, 5) is -0.186. The maximum atomic E-state index is 13.4. The molecule has 0 atom stereocenters. The minimum absolute atomic E-state index is 0.186. The fourth-order valence-corrected chi connectivity index (χ4v) is 3.33. The van der Waals surface area contributed by atoms with Gasteiger partial charge in [0.1, 0.15) is 5.82 Å². The van der Waals surface area contributed by atoms with E-state index in [9.17, 15) is 12.8 Å². The molecule has 0 unspecified atom stereocenters. The molecule has 0 heterocycles. The Kier molecular flexibility index (Phi) is 4.73. The third-order valence-electron chi connectivity index (χ3n) is 2.37. The van der Waals surface area contributed by atoms with Crippen LogP contribution in [0.2, 0.25) is 5.02 Å². The van der Waals surface area contributed by atoms with Crippen molar-refractivity contribution in [1.29, 1.82) is 0 Å². The molecule has 20 heavy (non-hydrogen) atoms. The van der Waals surface area contributed by atoms with Crippen molar-refractivity contribution in [3.8, 4) is 0 Å². The zero-order valence-electron chi connectivity index (χ0n) is 9.70. The first-order valence-electron chi connectivity index (χ1n) is 5.22. The molecule has 0 aromatic heterocycles. The second kappa shape index (κ2) is 6.01. The van der Waals surface area contributed by atoms with Crippen LogP contribution in [0.25, 0.3) is 0 Å². The Hall–Kier alpha value is -0.630. The zero-order valence-corrected chi connectivity index (χ0v) is 14.4. The molecule has 0 aliphatic heterocycles. The highest BCUT2D eigenvalue weighted by atomic mass is 79.9. The smallest absolute Gasteiger partial charge is 0.262 e. The maximum Gasteiger partial charge on any atom is 0.262 e. The first-order chi connectivity index (χ1) is 9.29. The predicted octanol–water partition coefficient (Wildman–Crippen LogP) is 4.80. The molecule has 0 fully saturated rings. The molecular weight excluding hydrogens is 436 g/mol. The van der Waals surface area contributed by atoms with E-state index in [-0.39, 0.29) is 20.1 Å². The van der Waals surface area contributed by atoms with E-state index < -0.39 is 15.8 Å². The van der Waals surface area contributed by atoms with Crippen LogP contribution in [0.15, 0.2) is 50.2 Å². The summed E-state index contributed by atoms with van der Waals surface area (Å²) >= 11 is 12.1. The average molecular weight is 444 g/mol. The van der Waals surface area contributed by atoms with Gasteiger partial charge < -0.3 is 0 Å². The van der Waals surface area contributed by atoms with Gasteiger partial charge in [0.25, 0.3) is 10.0 Å². The topological polar surface area (TPSA) is 46.2 Å². The second-order valence-electron chi connectivity index (χ2n) is 3.81. The quantitative estimate of drug-likeness (QED) is 0.741. The van der Waals surface area contributed by atoms with Gasteiger partial charge in [-0.25, -0.2) is 12.8 Å². The summed E-state index contributed by atoms with van der Waals surface area (Å²) in [6, 6.07) is 8.30. The Morgan fingerprint density at radius 1 is 1.10 bits per heavy atom. The van der Waals surface area contributed by atoms with Gasteiger partial charge in [0.2, 0.25) is 0 Å². The van der Waals surface area contributed by atoms with Crippen molar-refractivity contribution in [3.63, 3.8) is 0 Å². The monoisotopic (exact) mass is 441 g/mol. The zero-order chi connectivity index (χ0) is 14.9. The summed E-state index contributed by atoms with van der Waals surface area (Å²) in [5.74, 6) is -0.659. The van der Waals surface area contributed by atoms with E-state index in [1.54, 1.807) is 12.1 Å². The fourth-order valence-electron chi connectivity index (χ4n) is 1.42. The van der Waals surface area contributed by atoms with Crippen LogP contribution in [-0.2, 0) is 10.0 Å². The number of hydrogen-bond donors (Lipinski definition) is 1. The summed E-state index contributed by atoms with van der Waals surface area (Å²) in [5.41, 5.74) is 0.212. The Bertz CT molecular complexity index is 768. The van der Waals surface area contributed by atoms with Crippen molar-refractivity contribution >= 4 is 59.2 Å². The van der Waals surface area contributed by atoms with E-state index in [0.29, 0.717) is 4.47 Å². The van der Waals surface area contributed by atoms with Crippen LogP contribution < -0.4 is 4.72 Å². The molecule has 0 radical (unpaired) electrons. The molecule has 0 aliphatic carbocycles. The number of halogens is 4. The molecule has 1 N–H and O–H groups in total. The van der Waals surface area contributed by atoms with Crippen LogP contribution in [0.3, 0.4) is 0 Å². The average Bonchev–Trinajstić information content (AvgIpc) is 2.36. The number of hydrogen-bond acceptors (Lipinski definition) is 2. The molecule has 0 amide bonds. The van der Waals surface area contributed by atoms with E-state index in [4.69, 9.17) is 11.6 Å². The number of sulfonamides is 1. The molecular formula is C12H7Br2ClFNO2S. The van der Waals surface area contributed by atoms with E-state index in [1.165, 1.54) is 18.2 Å². The highest BCUT2D eigenvalue weighted by molar-refractivity contribution is 9.10. The molecule has 2 rings (SSSR count). The maximum absolute atomic E-state index is 13.4. The minimum atomic E-state index is -3.91. The van der Waals surface area contributed by atoms with Gasteiger partial charge in [-0.05, 0) is 52.3 Å². The lowest BCUT2D eigenvalue weighted by Crippen LogP contribution is -2.13. The molecule has 106 valence electrons. The van der Waals surface area contributed by atoms with Crippen LogP contribution in [-0.4, -0.2) is 8.42 Å². The van der Waals surface area contributed by atoms with Crippen molar-refractivity contribution in [2.45, 2.75) is 4.90 Å². The molecule has 0 bridgehead atoms. The van der Waals surface area contributed by atoms with Crippen molar-refractivity contribution < 1.29 is 12.8 Å². The van der Waals surface area contributed by atoms with Gasteiger partial charge in [-0.15, -0.1) is 0 Å². The standard InChI is InChI=1S/C12H7Br2ClFNO2S/c13-7-1-4-10(15)12(5-7)17-20(18,19)8-2-3-9(14)11(16)6-8/h1-6,17H. The van der Waals surface area contributed by atoms with Gasteiger partial charge in [0.05, 0.1) is 20.1 Å². The van der Waals surface area contributed by atoms with Crippen LogP contribution in [0.1, 0.15) is 0 Å². The third-order valence-corrected chi connectivity index (χ3v) is 5.20. The van der Waals surface area contributed by atoms with Crippen LogP contribution >= 0.6 is 43.5 Å². The molecule has 0 saturated carbocycles. The molecule has 0 spiro atoms. The van der Waals surface area contributed by atoms with Gasteiger partial charge in [0, 0.05) is 4.47 Å². The molecule has 0 saturated heterocycles. The SMILES string of the molecule is O=S(=O)(Nc1cc(Br)ccc1Cl)c1ccc(Br)c(F)c1. The van der Waals surface area contributed by atoms with Gasteiger partial charge in [0.15, 0.2) is 0 Å². The van der Waals surface area contributed by atoms with E-state index >= 15 is 0 Å². The Balaban J connectivity index is 2.40. The van der Waals surface area contributed by atoms with E-state index in [1.807, 2.05) is 0 Å². The lowest BCUT2D eigenvalue weighted by molar-refractivity contribution is 0.593. The fraction of sp³-hybridized carbons (Fsp3) is 0. The molecule has 3 nitrogen and oxygen atoms in total. The van der Waals surface area contributed by atoms with Crippen molar-refractivity contribution in [2.24, 2.45) is 0 Å². The molecule has 0 aliphatic rings. The predicted molar refractivity (Wildman–Crippen MR) is 84.1 cm³/mol. The van der Waals surface area contributed by atoms with Gasteiger partial charge in [-0.3, -0.25) is 4.72 Å². The van der Waals surface area contributed by atoms with Gasteiger partial charge >= 0.3 is 0 Å². The normalized spacial score (nSPS) is 11.4. The van der Waals surface area contributed by atoms with E-state index in [2.05, 4.69) is 36.6 Å². The van der Waals surface area contributed by atoms with Gasteiger partial charge in [-0.2, -0.15) is 0 Å². The highest BCUT2D eigenvalue weighted by Gasteiger charge is 2.17. The first kappa shape index (κ1) is 15.8. The second-order valence-corrected chi connectivity index (χ2v) is 7.67. The molecule has 8 heteroatoms. The summed E-state index contributed by atoms with van der Waals surface area (Å²) in [7, 11) is -3.91. The number of benzene rings is 2. The Morgan fingerprint density at radius 3 is 2.45 bits per heavy atom. The largest absolute Gasteiger partial charge is 0.278 e. The Morgan fingerprint density at radius 2 is 1.80 bits per heavy atom. The molecule has 2 aromatic rings. The number of nitrogens with one attached hydrogen (secondary N) is 1. The van der Waals surface area contributed by atoms with Crippen LogP contribution in [0.4, 0.5) is 10.1 Å². The summed E-state index contributed by atoms with van der Waals surface area (Å²) < 4.78 is 40.9. The summed E-state index contributed by atoms with van der Waals surface area (Å²) in [6.45, 7) is 0. The third kappa shape index (κ3) is 3.52. The minimum Gasteiger partial charge on any atom is -0.278 e. The lowest BCUT2D eigenvalue weighted by atomic mass is 10.3. The van der Waals surface area contributed by atoms with Gasteiger partial charge in [-0.1, -0.05) is 27.5 Å². The summed E-state index contributed by atoms with van der Waals surface area (Å²) in [5, 5.41) is 0.245. The van der Waals surface area contributed by atoms with E-state index in [0.717, 1.165) is 6.07 Å². The first-order valence-corrected chi connectivity index (χ1v) is 8.67. The van der Waals surface area contributed by atoms with Crippen LogP contribution in [0.5, 0.6) is 0 Å². The molecule has 2 aromatic carbocycles. The highest BCUT2D eigenvalue weighted by Crippen LogP contribution is 2.28. The van der Waals surface area contributed by atoms with Crippen molar-refractivity contribution in [2.75, 3.05) is 4.72 Å². The van der Waals surface area contributed by atoms with Crippen molar-refractivity contribution in [1.82, 2.24) is 0 Å².